The topological polar surface area (TPSA) is 35.2 Å². The molecule has 0 amide bonds. The second-order valence-corrected chi connectivity index (χ2v) is 4.12. The first kappa shape index (κ1) is 13.9. The molecule has 1 rings (SSSR count). The first-order valence-electron chi connectivity index (χ1n) is 5.95. The average Bonchev–Trinajstić information content (AvgIpc) is 2.24. The van der Waals surface area contributed by atoms with E-state index in [0.717, 1.165) is 18.9 Å². The molecule has 0 radical (unpaired) electrons. The quantitative estimate of drug-likeness (QED) is 0.832. The molecule has 0 aliphatic carbocycles. The highest BCUT2D eigenvalue weighted by Crippen LogP contribution is 2.19. The van der Waals surface area contributed by atoms with Crippen LogP contribution in [0.15, 0.2) is 18.2 Å². The van der Waals surface area contributed by atoms with Gasteiger partial charge in [-0.1, -0.05) is 20.3 Å². The lowest BCUT2D eigenvalue weighted by Crippen LogP contribution is -2.38. The molecular formula is C13H19F2NO. The zero-order valence-corrected chi connectivity index (χ0v) is 10.2. The Balaban J connectivity index is 2.73. The molecule has 0 spiro atoms. The summed E-state index contributed by atoms with van der Waals surface area (Å²) in [6.07, 6.45) is 2.28. The fraction of sp³-hybridized carbons (Fsp3) is 0.538. The SMILES string of the molecule is CCCC(N)C(CC)Oc1cc(F)cc(F)c1. The van der Waals surface area contributed by atoms with Crippen LogP contribution in [0.5, 0.6) is 5.75 Å². The fourth-order valence-corrected chi connectivity index (χ4v) is 1.76. The lowest BCUT2D eigenvalue weighted by Gasteiger charge is -2.23. The van der Waals surface area contributed by atoms with Crippen LogP contribution in [0, 0.1) is 11.6 Å². The van der Waals surface area contributed by atoms with Crippen LogP contribution < -0.4 is 10.5 Å². The van der Waals surface area contributed by atoms with Gasteiger partial charge in [-0.2, -0.15) is 0 Å². The van der Waals surface area contributed by atoms with E-state index >= 15 is 0 Å². The number of halogens is 2. The highest BCUT2D eigenvalue weighted by molar-refractivity contribution is 5.24. The summed E-state index contributed by atoms with van der Waals surface area (Å²) in [4.78, 5) is 0. The molecule has 4 heteroatoms. The average molecular weight is 243 g/mol. The van der Waals surface area contributed by atoms with Gasteiger partial charge >= 0.3 is 0 Å². The Bertz CT molecular complexity index is 337. The second-order valence-electron chi connectivity index (χ2n) is 4.12. The van der Waals surface area contributed by atoms with Crippen LogP contribution in [-0.4, -0.2) is 12.1 Å². The predicted molar refractivity (Wildman–Crippen MR) is 63.9 cm³/mol. The van der Waals surface area contributed by atoms with E-state index in [9.17, 15) is 8.78 Å². The zero-order valence-electron chi connectivity index (χ0n) is 10.2. The molecule has 1 aromatic rings. The fourth-order valence-electron chi connectivity index (χ4n) is 1.76. The molecule has 0 fully saturated rings. The normalized spacial score (nSPS) is 14.4. The van der Waals surface area contributed by atoms with Crippen LogP contribution in [0.4, 0.5) is 8.78 Å². The Morgan fingerprint density at radius 3 is 2.24 bits per heavy atom. The third-order valence-electron chi connectivity index (χ3n) is 2.63. The van der Waals surface area contributed by atoms with Crippen LogP contribution in [0.25, 0.3) is 0 Å². The van der Waals surface area contributed by atoms with Crippen molar-refractivity contribution in [2.45, 2.75) is 45.3 Å². The van der Waals surface area contributed by atoms with Gasteiger partial charge in [0.1, 0.15) is 23.5 Å². The number of nitrogens with two attached hydrogens (primary N) is 1. The van der Waals surface area contributed by atoms with E-state index in [1.807, 2.05) is 13.8 Å². The number of rotatable bonds is 6. The van der Waals surface area contributed by atoms with E-state index in [0.29, 0.717) is 6.42 Å². The van der Waals surface area contributed by atoms with E-state index in [1.54, 1.807) is 0 Å². The Hall–Kier alpha value is -1.16. The maximum atomic E-state index is 13.0. The van der Waals surface area contributed by atoms with Crippen molar-refractivity contribution in [1.29, 1.82) is 0 Å². The maximum Gasteiger partial charge on any atom is 0.129 e. The molecule has 2 unspecified atom stereocenters. The van der Waals surface area contributed by atoms with Gasteiger partial charge in [-0.05, 0) is 12.8 Å². The largest absolute Gasteiger partial charge is 0.489 e. The first-order valence-corrected chi connectivity index (χ1v) is 5.95. The second kappa shape index (κ2) is 6.55. The van der Waals surface area contributed by atoms with Crippen LogP contribution in [-0.2, 0) is 0 Å². The van der Waals surface area contributed by atoms with Crippen molar-refractivity contribution in [1.82, 2.24) is 0 Å². The molecule has 0 aliphatic rings. The van der Waals surface area contributed by atoms with Gasteiger partial charge in [0.2, 0.25) is 0 Å². The molecule has 0 aliphatic heterocycles. The van der Waals surface area contributed by atoms with Crippen molar-refractivity contribution >= 4 is 0 Å². The molecular weight excluding hydrogens is 224 g/mol. The van der Waals surface area contributed by atoms with E-state index in [1.165, 1.54) is 12.1 Å². The van der Waals surface area contributed by atoms with Gasteiger partial charge in [-0.15, -0.1) is 0 Å². The molecule has 17 heavy (non-hydrogen) atoms. The first-order chi connectivity index (χ1) is 8.06. The van der Waals surface area contributed by atoms with E-state index in [-0.39, 0.29) is 17.9 Å². The van der Waals surface area contributed by atoms with Gasteiger partial charge < -0.3 is 10.5 Å². The molecule has 96 valence electrons. The monoisotopic (exact) mass is 243 g/mol. The Morgan fingerprint density at radius 2 is 1.76 bits per heavy atom. The van der Waals surface area contributed by atoms with Crippen molar-refractivity contribution in [2.75, 3.05) is 0 Å². The molecule has 0 bridgehead atoms. The van der Waals surface area contributed by atoms with Gasteiger partial charge in [-0.25, -0.2) is 8.78 Å². The van der Waals surface area contributed by atoms with E-state index in [2.05, 4.69) is 0 Å². The minimum Gasteiger partial charge on any atom is -0.489 e. The van der Waals surface area contributed by atoms with Crippen LogP contribution >= 0.6 is 0 Å². The minimum absolute atomic E-state index is 0.115. The van der Waals surface area contributed by atoms with Gasteiger partial charge in [0.05, 0.1) is 0 Å². The lowest BCUT2D eigenvalue weighted by atomic mass is 10.0. The number of hydrogen-bond acceptors (Lipinski definition) is 2. The summed E-state index contributed by atoms with van der Waals surface area (Å²) in [6.45, 7) is 3.98. The standard InChI is InChI=1S/C13H19F2NO/c1-3-5-12(16)13(4-2)17-11-7-9(14)6-10(15)8-11/h6-8,12-13H,3-5,16H2,1-2H3. The van der Waals surface area contributed by atoms with E-state index in [4.69, 9.17) is 10.5 Å². The molecule has 2 atom stereocenters. The summed E-state index contributed by atoms with van der Waals surface area (Å²) in [5.41, 5.74) is 5.95. The molecule has 0 heterocycles. The molecule has 0 saturated heterocycles. The molecule has 0 saturated carbocycles. The smallest absolute Gasteiger partial charge is 0.129 e. The third kappa shape index (κ3) is 4.30. The van der Waals surface area contributed by atoms with Crippen LogP contribution in [0.1, 0.15) is 33.1 Å². The van der Waals surface area contributed by atoms with E-state index < -0.39 is 11.6 Å². The Kier molecular flexibility index (Phi) is 5.35. The minimum atomic E-state index is -0.640. The van der Waals surface area contributed by atoms with Crippen LogP contribution in [0.2, 0.25) is 0 Å². The maximum absolute atomic E-state index is 13.0. The Morgan fingerprint density at radius 1 is 1.18 bits per heavy atom. The molecule has 2 nitrogen and oxygen atoms in total. The van der Waals surface area contributed by atoms with Gasteiger partial charge in [0, 0.05) is 24.2 Å². The Labute approximate surface area is 101 Å². The van der Waals surface area contributed by atoms with Crippen molar-refractivity contribution in [3.63, 3.8) is 0 Å². The van der Waals surface area contributed by atoms with Crippen molar-refractivity contribution < 1.29 is 13.5 Å². The van der Waals surface area contributed by atoms with Crippen molar-refractivity contribution in [2.24, 2.45) is 5.73 Å². The molecule has 2 N–H and O–H groups in total. The third-order valence-corrected chi connectivity index (χ3v) is 2.63. The highest BCUT2D eigenvalue weighted by atomic mass is 19.1. The van der Waals surface area contributed by atoms with Gasteiger partial charge in [-0.3, -0.25) is 0 Å². The number of benzene rings is 1. The van der Waals surface area contributed by atoms with Gasteiger partial charge in [0.25, 0.3) is 0 Å². The summed E-state index contributed by atoms with van der Waals surface area (Å²) < 4.78 is 31.5. The molecule has 0 aromatic heterocycles. The van der Waals surface area contributed by atoms with Gasteiger partial charge in [0.15, 0.2) is 0 Å². The summed E-state index contributed by atoms with van der Waals surface area (Å²) >= 11 is 0. The number of hydrogen-bond donors (Lipinski definition) is 1. The summed E-state index contributed by atoms with van der Waals surface area (Å²) in [7, 11) is 0. The summed E-state index contributed by atoms with van der Waals surface area (Å²) in [6, 6.07) is 3.05. The predicted octanol–water partition coefficient (Wildman–Crippen LogP) is 3.25. The zero-order chi connectivity index (χ0) is 12.8. The number of ether oxygens (including phenoxy) is 1. The molecule has 1 aromatic carbocycles. The van der Waals surface area contributed by atoms with Crippen molar-refractivity contribution in [3.8, 4) is 5.75 Å². The summed E-state index contributed by atoms with van der Waals surface area (Å²) in [5.74, 6) is -1.08. The van der Waals surface area contributed by atoms with Crippen molar-refractivity contribution in [3.05, 3.63) is 29.8 Å². The van der Waals surface area contributed by atoms with Crippen LogP contribution in [0.3, 0.4) is 0 Å². The highest BCUT2D eigenvalue weighted by Gasteiger charge is 2.17. The lowest BCUT2D eigenvalue weighted by molar-refractivity contribution is 0.160. The summed E-state index contributed by atoms with van der Waals surface area (Å²) in [5, 5.41) is 0.